The minimum Gasteiger partial charge on any atom is -0.312 e. The van der Waals surface area contributed by atoms with Gasteiger partial charge < -0.3 is 5.32 Å². The Bertz CT molecular complexity index is 775. The number of halogens is 1. The summed E-state index contributed by atoms with van der Waals surface area (Å²) in [6.45, 7) is 2.20. The molecule has 5 heteroatoms. The molecule has 0 saturated heterocycles. The number of nitrogens with zero attached hydrogens (tertiary/aromatic N) is 1. The lowest BCUT2D eigenvalue weighted by molar-refractivity contribution is 0.102. The van der Waals surface area contributed by atoms with Crippen LogP contribution < -0.4 is 5.32 Å². The second-order valence-electron chi connectivity index (χ2n) is 5.63. The van der Waals surface area contributed by atoms with Gasteiger partial charge in [0.05, 0.1) is 5.56 Å². The first kappa shape index (κ1) is 15.1. The lowest BCUT2D eigenvalue weighted by atomic mass is 9.88. The molecule has 22 heavy (non-hydrogen) atoms. The number of nitrogens with one attached hydrogen (secondary N) is 1. The smallest absolute Gasteiger partial charge is 0.256 e. The topological polar surface area (TPSA) is 52.9 Å². The Labute approximate surface area is 138 Å². The van der Waals surface area contributed by atoms with Gasteiger partial charge in [0.25, 0.3) is 5.91 Å². The maximum absolute atomic E-state index is 12.3. The Balaban J connectivity index is 1.90. The van der Waals surface area contributed by atoms with E-state index in [1.165, 1.54) is 16.2 Å². The molecular weight excluding hydrogens is 316 g/mol. The molecule has 3 rings (SSSR count). The number of hydrogen-bond acceptors (Lipinski definition) is 3. The van der Waals surface area contributed by atoms with Crippen LogP contribution in [0.15, 0.2) is 24.3 Å². The molecule has 1 atom stereocenters. The molecule has 1 aromatic heterocycles. The van der Waals surface area contributed by atoms with Crippen LogP contribution in [0.2, 0.25) is 5.02 Å². The number of benzene rings is 1. The molecule has 1 heterocycles. The second-order valence-corrected chi connectivity index (χ2v) is 7.17. The van der Waals surface area contributed by atoms with Gasteiger partial charge in [-0.3, -0.25) is 4.79 Å². The van der Waals surface area contributed by atoms with E-state index in [1.807, 2.05) is 0 Å². The Morgan fingerprint density at radius 1 is 1.50 bits per heavy atom. The van der Waals surface area contributed by atoms with Crippen molar-refractivity contribution in [1.82, 2.24) is 0 Å². The zero-order chi connectivity index (χ0) is 15.7. The molecule has 2 aromatic rings. The van der Waals surface area contributed by atoms with Gasteiger partial charge in [-0.05, 0) is 48.9 Å². The highest BCUT2D eigenvalue weighted by atomic mass is 35.5. The van der Waals surface area contributed by atoms with Gasteiger partial charge in [-0.1, -0.05) is 24.6 Å². The molecule has 1 aliphatic rings. The predicted molar refractivity (Wildman–Crippen MR) is 89.6 cm³/mol. The van der Waals surface area contributed by atoms with Gasteiger partial charge in [-0.2, -0.15) is 5.26 Å². The molecule has 1 N–H and O–H groups in total. The van der Waals surface area contributed by atoms with Crippen molar-refractivity contribution in [3.63, 3.8) is 0 Å². The highest BCUT2D eigenvalue weighted by Gasteiger charge is 2.24. The predicted octanol–water partition coefficient (Wildman–Crippen LogP) is 4.65. The average molecular weight is 331 g/mol. The molecule has 0 saturated carbocycles. The summed E-state index contributed by atoms with van der Waals surface area (Å²) in [7, 11) is 0. The molecule has 1 amide bonds. The number of rotatable bonds is 2. The molecule has 1 aromatic carbocycles. The standard InChI is InChI=1S/C17H15ClN2OS/c1-10-5-6-15-13(7-10)14(9-19)17(22-15)20-16(21)11-3-2-4-12(18)8-11/h2-4,8,10H,5-7H2,1H3,(H,20,21)/t10-/m0/s1. The quantitative estimate of drug-likeness (QED) is 0.871. The zero-order valence-corrected chi connectivity index (χ0v) is 13.7. The van der Waals surface area contributed by atoms with Crippen molar-refractivity contribution in [3.8, 4) is 6.07 Å². The van der Waals surface area contributed by atoms with Crippen molar-refractivity contribution in [2.45, 2.75) is 26.2 Å². The van der Waals surface area contributed by atoms with E-state index in [0.29, 0.717) is 27.1 Å². The van der Waals surface area contributed by atoms with E-state index in [-0.39, 0.29) is 5.91 Å². The van der Waals surface area contributed by atoms with Gasteiger partial charge in [0.15, 0.2) is 0 Å². The van der Waals surface area contributed by atoms with E-state index in [9.17, 15) is 10.1 Å². The molecule has 112 valence electrons. The van der Waals surface area contributed by atoms with E-state index >= 15 is 0 Å². The lowest BCUT2D eigenvalue weighted by Gasteiger charge is -2.17. The summed E-state index contributed by atoms with van der Waals surface area (Å²) in [5.41, 5.74) is 2.24. The van der Waals surface area contributed by atoms with Crippen molar-refractivity contribution in [3.05, 3.63) is 50.9 Å². The van der Waals surface area contributed by atoms with Crippen LogP contribution >= 0.6 is 22.9 Å². The first-order chi connectivity index (χ1) is 10.6. The molecule has 3 nitrogen and oxygen atoms in total. The SMILES string of the molecule is C[C@H]1CCc2sc(NC(=O)c3cccc(Cl)c3)c(C#N)c2C1. The summed E-state index contributed by atoms with van der Waals surface area (Å²) in [6, 6.07) is 9.06. The monoisotopic (exact) mass is 330 g/mol. The van der Waals surface area contributed by atoms with Crippen molar-refractivity contribution in [2.24, 2.45) is 5.92 Å². The van der Waals surface area contributed by atoms with Gasteiger partial charge in [-0.15, -0.1) is 11.3 Å². The minimum absolute atomic E-state index is 0.231. The van der Waals surface area contributed by atoms with Gasteiger partial charge in [0.1, 0.15) is 11.1 Å². The van der Waals surface area contributed by atoms with Gasteiger partial charge in [-0.25, -0.2) is 0 Å². The fraction of sp³-hybridized carbons (Fsp3) is 0.294. The van der Waals surface area contributed by atoms with Crippen molar-refractivity contribution in [1.29, 1.82) is 5.26 Å². The number of anilines is 1. The van der Waals surface area contributed by atoms with Crippen molar-refractivity contribution >= 4 is 33.8 Å². The first-order valence-electron chi connectivity index (χ1n) is 7.20. The van der Waals surface area contributed by atoms with Crippen molar-refractivity contribution < 1.29 is 4.79 Å². The highest BCUT2D eigenvalue weighted by Crippen LogP contribution is 2.39. The van der Waals surface area contributed by atoms with Crippen LogP contribution in [-0.4, -0.2) is 5.91 Å². The molecule has 0 fully saturated rings. The Morgan fingerprint density at radius 2 is 2.32 bits per heavy atom. The third kappa shape index (κ3) is 2.87. The summed E-state index contributed by atoms with van der Waals surface area (Å²) in [5.74, 6) is 0.358. The van der Waals surface area contributed by atoms with Crippen LogP contribution in [0.25, 0.3) is 0 Å². The highest BCUT2D eigenvalue weighted by molar-refractivity contribution is 7.16. The van der Waals surface area contributed by atoms with Crippen LogP contribution in [0, 0.1) is 17.2 Å². The van der Waals surface area contributed by atoms with E-state index < -0.39 is 0 Å². The van der Waals surface area contributed by atoms with Crippen LogP contribution in [0.5, 0.6) is 0 Å². The van der Waals surface area contributed by atoms with Gasteiger partial charge in [0.2, 0.25) is 0 Å². The fourth-order valence-corrected chi connectivity index (χ4v) is 4.15. The summed E-state index contributed by atoms with van der Waals surface area (Å²) in [4.78, 5) is 13.6. The summed E-state index contributed by atoms with van der Waals surface area (Å²) < 4.78 is 0. The van der Waals surface area contributed by atoms with Gasteiger partial charge in [0, 0.05) is 15.5 Å². The number of carbonyl (C=O) groups is 1. The van der Waals surface area contributed by atoms with Crippen LogP contribution in [0.4, 0.5) is 5.00 Å². The number of aryl methyl sites for hydroxylation is 1. The molecule has 0 unspecified atom stereocenters. The Hall–Kier alpha value is -1.83. The number of nitriles is 1. The molecule has 0 radical (unpaired) electrons. The Kier molecular flexibility index (Phi) is 4.19. The molecule has 0 bridgehead atoms. The van der Waals surface area contributed by atoms with Crippen molar-refractivity contribution in [2.75, 3.05) is 5.32 Å². The molecular formula is C17H15ClN2OS. The first-order valence-corrected chi connectivity index (χ1v) is 8.39. The van der Waals surface area contributed by atoms with E-state index in [2.05, 4.69) is 18.3 Å². The molecule has 0 spiro atoms. The number of hydrogen-bond donors (Lipinski definition) is 1. The normalized spacial score (nSPS) is 16.7. The van der Waals surface area contributed by atoms with Gasteiger partial charge >= 0.3 is 0 Å². The third-order valence-corrected chi connectivity index (χ3v) is 5.38. The maximum Gasteiger partial charge on any atom is 0.256 e. The van der Waals surface area contributed by atoms with E-state index in [0.717, 1.165) is 24.8 Å². The minimum atomic E-state index is -0.231. The number of fused-ring (bicyclic) bond motifs is 1. The Morgan fingerprint density at radius 3 is 3.05 bits per heavy atom. The lowest BCUT2D eigenvalue weighted by Crippen LogP contribution is -2.12. The number of thiophene rings is 1. The third-order valence-electron chi connectivity index (χ3n) is 3.93. The van der Waals surface area contributed by atoms with Crippen LogP contribution in [0.1, 0.15) is 39.7 Å². The van der Waals surface area contributed by atoms with Crippen LogP contribution in [0.3, 0.4) is 0 Å². The number of amides is 1. The summed E-state index contributed by atoms with van der Waals surface area (Å²) >= 11 is 7.45. The average Bonchev–Trinajstić information content (AvgIpc) is 2.83. The zero-order valence-electron chi connectivity index (χ0n) is 12.1. The largest absolute Gasteiger partial charge is 0.312 e. The van der Waals surface area contributed by atoms with E-state index in [1.54, 1.807) is 24.3 Å². The van der Waals surface area contributed by atoms with E-state index in [4.69, 9.17) is 11.6 Å². The second kappa shape index (κ2) is 6.12. The number of carbonyl (C=O) groups excluding carboxylic acids is 1. The summed E-state index contributed by atoms with van der Waals surface area (Å²) in [5, 5.41) is 13.5. The van der Waals surface area contributed by atoms with Crippen LogP contribution in [-0.2, 0) is 12.8 Å². The summed E-state index contributed by atoms with van der Waals surface area (Å²) in [6.07, 6.45) is 3.05. The maximum atomic E-state index is 12.3. The fourth-order valence-electron chi connectivity index (χ4n) is 2.77. The molecule has 1 aliphatic carbocycles. The molecule has 0 aliphatic heterocycles.